The van der Waals surface area contributed by atoms with Crippen LogP contribution in [0.15, 0.2) is 21.7 Å². The van der Waals surface area contributed by atoms with Crippen molar-refractivity contribution in [3.8, 4) is 0 Å². The minimum absolute atomic E-state index is 0.0560. The van der Waals surface area contributed by atoms with Gasteiger partial charge < -0.3 is 5.11 Å². The van der Waals surface area contributed by atoms with Crippen LogP contribution in [0, 0.1) is 5.92 Å². The first-order valence-corrected chi connectivity index (χ1v) is 7.03. The summed E-state index contributed by atoms with van der Waals surface area (Å²) in [5, 5.41) is 8.43. The lowest BCUT2D eigenvalue weighted by atomic mass is 9.93. The highest BCUT2D eigenvalue weighted by atomic mass is 79.9. The molecular formula is C10H8BrClO5S. The van der Waals surface area contributed by atoms with E-state index in [0.717, 1.165) is 0 Å². The molecule has 0 saturated carbocycles. The van der Waals surface area contributed by atoms with Crippen molar-refractivity contribution in [2.75, 3.05) is 0 Å². The van der Waals surface area contributed by atoms with Crippen molar-refractivity contribution < 1.29 is 23.1 Å². The fourth-order valence-electron chi connectivity index (χ4n) is 1.41. The summed E-state index contributed by atoms with van der Waals surface area (Å²) in [6.45, 7) is 0. The molecule has 0 aromatic heterocycles. The van der Waals surface area contributed by atoms with Crippen molar-refractivity contribution in [3.63, 3.8) is 0 Å². The molecule has 5 nitrogen and oxygen atoms in total. The molecular weight excluding hydrogens is 348 g/mol. The van der Waals surface area contributed by atoms with Crippen LogP contribution in [0.2, 0.25) is 0 Å². The zero-order chi connectivity index (χ0) is 13.9. The average molecular weight is 356 g/mol. The SMILES string of the molecule is O=C(O)CCC(=O)C1C=CC(Br)=C(Cl)C1=S(=O)=O. The van der Waals surface area contributed by atoms with E-state index in [9.17, 15) is 18.0 Å². The Kier molecular flexibility index (Phi) is 5.30. The third-order valence-corrected chi connectivity index (χ3v) is 4.48. The van der Waals surface area contributed by atoms with Crippen LogP contribution in [0.5, 0.6) is 0 Å². The highest BCUT2D eigenvalue weighted by molar-refractivity contribution is 9.12. The lowest BCUT2D eigenvalue weighted by Crippen LogP contribution is -2.26. The quantitative estimate of drug-likeness (QED) is 0.772. The molecule has 1 unspecified atom stereocenters. The largest absolute Gasteiger partial charge is 0.481 e. The summed E-state index contributed by atoms with van der Waals surface area (Å²) in [5.41, 5.74) is 0. The summed E-state index contributed by atoms with van der Waals surface area (Å²) >= 11 is 8.87. The first kappa shape index (κ1) is 15.1. The van der Waals surface area contributed by atoms with Crippen molar-refractivity contribution >= 4 is 54.4 Å². The molecule has 8 heteroatoms. The van der Waals surface area contributed by atoms with Gasteiger partial charge in [0.1, 0.15) is 10.6 Å². The number of aliphatic carboxylic acids is 1. The first-order valence-electron chi connectivity index (χ1n) is 4.79. The van der Waals surface area contributed by atoms with Crippen LogP contribution < -0.4 is 0 Å². The number of ketones is 1. The van der Waals surface area contributed by atoms with Gasteiger partial charge in [-0.1, -0.05) is 17.7 Å². The van der Waals surface area contributed by atoms with Crippen LogP contribution in [0.1, 0.15) is 12.8 Å². The number of hydrogen-bond acceptors (Lipinski definition) is 4. The lowest BCUT2D eigenvalue weighted by Gasteiger charge is -2.16. The molecule has 0 bridgehead atoms. The molecule has 1 rings (SSSR count). The molecule has 0 spiro atoms. The average Bonchev–Trinajstić information content (AvgIpc) is 2.28. The zero-order valence-electron chi connectivity index (χ0n) is 8.89. The van der Waals surface area contributed by atoms with Gasteiger partial charge in [-0.15, -0.1) is 0 Å². The van der Waals surface area contributed by atoms with E-state index in [1.165, 1.54) is 12.2 Å². The minimum atomic E-state index is -2.64. The Morgan fingerprint density at radius 3 is 2.50 bits per heavy atom. The predicted octanol–water partition coefficient (Wildman–Crippen LogP) is 1.50. The molecule has 1 aliphatic carbocycles. The van der Waals surface area contributed by atoms with Gasteiger partial charge in [-0.25, -0.2) is 0 Å². The Morgan fingerprint density at radius 1 is 1.39 bits per heavy atom. The maximum absolute atomic E-state index is 11.8. The van der Waals surface area contributed by atoms with Crippen molar-refractivity contribution in [2.45, 2.75) is 12.8 Å². The molecule has 0 aliphatic heterocycles. The third-order valence-electron chi connectivity index (χ3n) is 2.26. The van der Waals surface area contributed by atoms with E-state index in [1.54, 1.807) is 0 Å². The highest BCUT2D eigenvalue weighted by Crippen LogP contribution is 2.28. The Balaban J connectivity index is 3.05. The fourth-order valence-corrected chi connectivity index (χ4v) is 2.95. The van der Waals surface area contributed by atoms with Gasteiger partial charge in [0.25, 0.3) is 0 Å². The van der Waals surface area contributed by atoms with E-state index in [0.29, 0.717) is 4.48 Å². The molecule has 0 radical (unpaired) electrons. The van der Waals surface area contributed by atoms with Gasteiger partial charge in [0.05, 0.1) is 17.4 Å². The number of rotatable bonds is 4. The molecule has 0 heterocycles. The Bertz CT molecular complexity index is 579. The predicted molar refractivity (Wildman–Crippen MR) is 70.2 cm³/mol. The van der Waals surface area contributed by atoms with Gasteiger partial charge in [-0.05, 0) is 22.0 Å². The molecule has 0 aromatic carbocycles. The normalized spacial score (nSPS) is 19.0. The number of allylic oxidation sites excluding steroid dienone is 4. The summed E-state index contributed by atoms with van der Waals surface area (Å²) in [6.07, 6.45) is 2.27. The standard InChI is InChI=1S/C10H8BrClO5S/c11-6-2-1-5(7(13)3-4-8(14)15)10(9(6)12)18(16)17/h1-2,5H,3-4H2,(H,14,15). The molecule has 1 atom stereocenters. The van der Waals surface area contributed by atoms with Crippen LogP contribution in [-0.4, -0.2) is 30.1 Å². The number of Topliss-reactive ketones (excluding diaryl/α,β-unsaturated/α-hetero) is 1. The zero-order valence-corrected chi connectivity index (χ0v) is 12.0. The smallest absolute Gasteiger partial charge is 0.303 e. The van der Waals surface area contributed by atoms with Crippen molar-refractivity contribution in [1.29, 1.82) is 0 Å². The van der Waals surface area contributed by atoms with E-state index in [4.69, 9.17) is 16.7 Å². The van der Waals surface area contributed by atoms with Gasteiger partial charge in [-0.3, -0.25) is 9.59 Å². The first-order chi connectivity index (χ1) is 8.34. The molecule has 98 valence electrons. The number of hydrogen-bond donors (Lipinski definition) is 1. The Labute approximate surface area is 118 Å². The summed E-state index contributed by atoms with van der Waals surface area (Å²) in [6, 6.07) is 0. The van der Waals surface area contributed by atoms with Crippen molar-refractivity contribution in [2.24, 2.45) is 5.92 Å². The van der Waals surface area contributed by atoms with Crippen LogP contribution in [0.3, 0.4) is 0 Å². The van der Waals surface area contributed by atoms with Gasteiger partial charge >= 0.3 is 5.97 Å². The second-order valence-electron chi connectivity index (χ2n) is 3.46. The van der Waals surface area contributed by atoms with Gasteiger partial charge in [-0.2, -0.15) is 8.42 Å². The highest BCUT2D eigenvalue weighted by Gasteiger charge is 2.29. The summed E-state index contributed by atoms with van der Waals surface area (Å²) < 4.78 is 22.5. The topological polar surface area (TPSA) is 88.5 Å². The van der Waals surface area contributed by atoms with Crippen LogP contribution in [-0.2, 0) is 19.9 Å². The summed E-state index contributed by atoms with van der Waals surface area (Å²) in [5.74, 6) is -2.63. The maximum Gasteiger partial charge on any atom is 0.303 e. The van der Waals surface area contributed by atoms with Crippen molar-refractivity contribution in [3.05, 3.63) is 21.7 Å². The number of halogens is 2. The monoisotopic (exact) mass is 354 g/mol. The number of carboxylic acid groups (broad SMARTS) is 1. The van der Waals surface area contributed by atoms with E-state index < -0.39 is 28.0 Å². The molecule has 18 heavy (non-hydrogen) atoms. The van der Waals surface area contributed by atoms with Gasteiger partial charge in [0, 0.05) is 10.9 Å². The van der Waals surface area contributed by atoms with E-state index in [1.807, 2.05) is 0 Å². The van der Waals surface area contributed by atoms with Crippen molar-refractivity contribution in [1.82, 2.24) is 0 Å². The molecule has 0 amide bonds. The van der Waals surface area contributed by atoms with E-state index in [2.05, 4.69) is 15.9 Å². The lowest BCUT2D eigenvalue weighted by molar-refractivity contribution is -0.138. The minimum Gasteiger partial charge on any atom is -0.481 e. The van der Waals surface area contributed by atoms with Gasteiger partial charge in [0.2, 0.25) is 10.3 Å². The van der Waals surface area contributed by atoms with Crippen LogP contribution >= 0.6 is 27.5 Å². The summed E-state index contributed by atoms with van der Waals surface area (Å²) in [7, 11) is -2.64. The fraction of sp³-hybridized carbons (Fsp3) is 0.300. The molecule has 0 saturated heterocycles. The maximum atomic E-state index is 11.8. The van der Waals surface area contributed by atoms with Crippen LogP contribution in [0.25, 0.3) is 0 Å². The van der Waals surface area contributed by atoms with Gasteiger partial charge in [0.15, 0.2) is 0 Å². The Morgan fingerprint density at radius 2 is 2.00 bits per heavy atom. The molecule has 0 aromatic rings. The molecule has 0 fully saturated rings. The molecule has 1 N–H and O–H groups in total. The molecule has 1 aliphatic rings. The third kappa shape index (κ3) is 3.54. The number of carboxylic acids is 1. The van der Waals surface area contributed by atoms with Crippen LogP contribution in [0.4, 0.5) is 0 Å². The number of carbonyl (C=O) groups is 2. The number of carbonyl (C=O) groups excluding carboxylic acids is 1. The summed E-state index contributed by atoms with van der Waals surface area (Å²) in [4.78, 5) is 21.9. The second kappa shape index (κ2) is 6.31. The van der Waals surface area contributed by atoms with E-state index >= 15 is 0 Å². The second-order valence-corrected chi connectivity index (χ2v) is 5.60. The Hall–Kier alpha value is -0.920. The van der Waals surface area contributed by atoms with E-state index in [-0.39, 0.29) is 22.7 Å².